The fourth-order valence-corrected chi connectivity index (χ4v) is 4.27. The Hall–Kier alpha value is -0.790. The molecule has 4 nitrogen and oxygen atoms in total. The molecule has 1 aliphatic rings. The second kappa shape index (κ2) is 9.63. The Labute approximate surface area is 162 Å². The molecular formula is C17H24BrN3OS2. The summed E-state index contributed by atoms with van der Waals surface area (Å²) < 4.78 is 1.09. The van der Waals surface area contributed by atoms with Gasteiger partial charge in [0.25, 0.3) is 0 Å². The molecule has 0 heterocycles. The number of hydrogen-bond acceptors (Lipinski definition) is 3. The minimum atomic E-state index is -0.0900. The summed E-state index contributed by atoms with van der Waals surface area (Å²) >= 11 is 10.3. The van der Waals surface area contributed by atoms with Crippen molar-refractivity contribution in [1.29, 1.82) is 0 Å². The van der Waals surface area contributed by atoms with Gasteiger partial charge in [-0.1, -0.05) is 35.2 Å². The molecule has 1 amide bonds. The van der Waals surface area contributed by atoms with E-state index in [9.17, 15) is 4.79 Å². The molecule has 0 aromatic heterocycles. The minimum Gasteiger partial charge on any atom is -0.359 e. The summed E-state index contributed by atoms with van der Waals surface area (Å²) in [5, 5.41) is 3.76. The summed E-state index contributed by atoms with van der Waals surface area (Å²) in [6.45, 7) is 4.09. The average molecular weight is 430 g/mol. The predicted octanol–water partition coefficient (Wildman–Crippen LogP) is 3.99. The van der Waals surface area contributed by atoms with Gasteiger partial charge in [0.15, 0.2) is 5.11 Å². The monoisotopic (exact) mass is 429 g/mol. The molecule has 0 radical (unpaired) electrons. The number of halogens is 1. The van der Waals surface area contributed by atoms with Crippen LogP contribution < -0.4 is 16.2 Å². The number of thiocarbonyl (C=S) groups is 1. The Balaban J connectivity index is 1.71. The number of benzene rings is 1. The average Bonchev–Trinajstić information content (AvgIpc) is 2.56. The van der Waals surface area contributed by atoms with Crippen molar-refractivity contribution >= 4 is 50.9 Å². The fourth-order valence-electron chi connectivity index (χ4n) is 2.68. The first kappa shape index (κ1) is 19.5. The van der Waals surface area contributed by atoms with Crippen LogP contribution in [0.3, 0.4) is 0 Å². The number of carbonyl (C=O) groups is 1. The Morgan fingerprint density at radius 3 is 2.62 bits per heavy atom. The number of thioether (sulfide) groups is 1. The van der Waals surface area contributed by atoms with E-state index >= 15 is 0 Å². The van der Waals surface area contributed by atoms with Crippen LogP contribution in [0.25, 0.3) is 0 Å². The zero-order chi connectivity index (χ0) is 17.5. The van der Waals surface area contributed by atoms with Gasteiger partial charge in [-0.3, -0.25) is 15.6 Å². The van der Waals surface area contributed by atoms with E-state index in [1.807, 2.05) is 13.8 Å². The number of carbonyl (C=O) groups excluding carboxylic acids is 1. The Morgan fingerprint density at radius 1 is 1.21 bits per heavy atom. The van der Waals surface area contributed by atoms with Crippen molar-refractivity contribution in [2.45, 2.75) is 56.9 Å². The van der Waals surface area contributed by atoms with E-state index in [1.54, 1.807) is 0 Å². The Kier molecular flexibility index (Phi) is 7.84. The number of hydrogen-bond donors (Lipinski definition) is 3. The largest absolute Gasteiger partial charge is 0.359 e. The third-order valence-corrected chi connectivity index (χ3v) is 6.30. The van der Waals surface area contributed by atoms with Gasteiger partial charge in [0, 0.05) is 15.4 Å². The van der Waals surface area contributed by atoms with Crippen molar-refractivity contribution in [2.24, 2.45) is 0 Å². The van der Waals surface area contributed by atoms with Crippen LogP contribution in [0.1, 0.15) is 43.2 Å². The lowest BCUT2D eigenvalue weighted by atomic mass is 9.96. The van der Waals surface area contributed by atoms with Crippen LogP contribution in [-0.4, -0.2) is 22.8 Å². The van der Waals surface area contributed by atoms with Crippen LogP contribution in [-0.2, 0) is 4.79 Å². The van der Waals surface area contributed by atoms with Gasteiger partial charge in [-0.05, 0) is 62.2 Å². The molecule has 0 aliphatic heterocycles. The van der Waals surface area contributed by atoms with Crippen LogP contribution in [0.4, 0.5) is 0 Å². The summed E-state index contributed by atoms with van der Waals surface area (Å²) in [5.74, 6) is 0.258. The third kappa shape index (κ3) is 6.26. The Morgan fingerprint density at radius 2 is 1.92 bits per heavy atom. The molecule has 7 heteroatoms. The topological polar surface area (TPSA) is 53.2 Å². The lowest BCUT2D eigenvalue weighted by Crippen LogP contribution is -2.50. The van der Waals surface area contributed by atoms with Crippen LogP contribution in [0.5, 0.6) is 0 Å². The van der Waals surface area contributed by atoms with Gasteiger partial charge in [0.1, 0.15) is 0 Å². The molecule has 1 aromatic rings. The molecular weight excluding hydrogens is 406 g/mol. The highest BCUT2D eigenvalue weighted by molar-refractivity contribution is 9.10. The zero-order valence-electron chi connectivity index (χ0n) is 14.1. The smallest absolute Gasteiger partial charge is 0.248 e. The highest BCUT2D eigenvalue weighted by Gasteiger charge is 2.14. The van der Waals surface area contributed by atoms with Gasteiger partial charge in [0.2, 0.25) is 5.91 Å². The molecule has 1 aromatic carbocycles. The van der Waals surface area contributed by atoms with Gasteiger partial charge in [0.05, 0.1) is 5.75 Å². The van der Waals surface area contributed by atoms with Gasteiger partial charge >= 0.3 is 0 Å². The third-order valence-electron chi connectivity index (χ3n) is 4.07. The highest BCUT2D eigenvalue weighted by atomic mass is 79.9. The lowest BCUT2D eigenvalue weighted by Gasteiger charge is -2.24. The molecule has 2 rings (SSSR count). The number of amides is 1. The summed E-state index contributed by atoms with van der Waals surface area (Å²) in [7, 11) is 0. The van der Waals surface area contributed by atoms with Crippen molar-refractivity contribution in [3.8, 4) is 0 Å². The first-order valence-corrected chi connectivity index (χ1v) is 10.4. The summed E-state index contributed by atoms with van der Waals surface area (Å²) in [5.41, 5.74) is 7.79. The van der Waals surface area contributed by atoms with Crippen molar-refractivity contribution in [1.82, 2.24) is 16.2 Å². The van der Waals surface area contributed by atoms with E-state index in [0.717, 1.165) is 27.8 Å². The van der Waals surface area contributed by atoms with Crippen LogP contribution >= 0.6 is 39.9 Å². The summed E-state index contributed by atoms with van der Waals surface area (Å²) in [4.78, 5) is 13.1. The second-order valence-corrected chi connectivity index (χ2v) is 8.42. The number of rotatable bonds is 4. The molecule has 0 spiro atoms. The van der Waals surface area contributed by atoms with Crippen LogP contribution in [0.15, 0.2) is 21.5 Å². The molecule has 1 aliphatic carbocycles. The van der Waals surface area contributed by atoms with Crippen LogP contribution in [0, 0.1) is 13.8 Å². The van der Waals surface area contributed by atoms with Crippen LogP contribution in [0.2, 0.25) is 0 Å². The molecule has 3 N–H and O–H groups in total. The molecule has 0 bridgehead atoms. The molecule has 24 heavy (non-hydrogen) atoms. The van der Waals surface area contributed by atoms with Crippen molar-refractivity contribution in [3.63, 3.8) is 0 Å². The maximum atomic E-state index is 12.0. The van der Waals surface area contributed by atoms with E-state index in [0.29, 0.717) is 16.9 Å². The fraction of sp³-hybridized carbons (Fsp3) is 0.529. The second-order valence-electron chi connectivity index (χ2n) is 6.14. The van der Waals surface area contributed by atoms with Crippen molar-refractivity contribution in [3.05, 3.63) is 27.7 Å². The van der Waals surface area contributed by atoms with Crippen molar-refractivity contribution in [2.75, 3.05) is 5.75 Å². The van der Waals surface area contributed by atoms with Gasteiger partial charge in [-0.15, -0.1) is 11.8 Å². The molecule has 0 unspecified atom stereocenters. The highest BCUT2D eigenvalue weighted by Crippen LogP contribution is 2.28. The first-order chi connectivity index (χ1) is 11.5. The SMILES string of the molecule is Cc1cc(SCC(=O)NNC(=S)NC2CCCCC2)c(C)cc1Br. The van der Waals surface area contributed by atoms with E-state index in [1.165, 1.54) is 36.6 Å². The molecule has 132 valence electrons. The van der Waals surface area contributed by atoms with Gasteiger partial charge < -0.3 is 5.32 Å². The normalized spacial score (nSPS) is 15.0. The van der Waals surface area contributed by atoms with E-state index in [2.05, 4.69) is 44.2 Å². The standard InChI is InChI=1S/C17H24BrN3OS2/c1-11-9-15(12(2)8-14(11)18)24-10-16(22)20-21-17(23)19-13-6-4-3-5-7-13/h8-9,13H,3-7,10H2,1-2H3,(H,20,22)(H2,19,21,23). The number of nitrogens with one attached hydrogen (secondary N) is 3. The summed E-state index contributed by atoms with van der Waals surface area (Å²) in [6.07, 6.45) is 6.09. The molecule has 0 saturated heterocycles. The quantitative estimate of drug-likeness (QED) is 0.383. The maximum Gasteiger partial charge on any atom is 0.248 e. The predicted molar refractivity (Wildman–Crippen MR) is 108 cm³/mol. The van der Waals surface area contributed by atoms with E-state index < -0.39 is 0 Å². The van der Waals surface area contributed by atoms with Crippen molar-refractivity contribution < 1.29 is 4.79 Å². The zero-order valence-corrected chi connectivity index (χ0v) is 17.3. The number of hydrazine groups is 1. The minimum absolute atomic E-state index is 0.0900. The molecule has 1 saturated carbocycles. The van der Waals surface area contributed by atoms with E-state index in [4.69, 9.17) is 12.2 Å². The molecule has 1 fully saturated rings. The van der Waals surface area contributed by atoms with E-state index in [-0.39, 0.29) is 5.91 Å². The van der Waals surface area contributed by atoms with Gasteiger partial charge in [-0.2, -0.15) is 0 Å². The maximum absolute atomic E-state index is 12.0. The first-order valence-electron chi connectivity index (χ1n) is 8.20. The molecule has 0 atom stereocenters. The van der Waals surface area contributed by atoms with Gasteiger partial charge in [-0.25, -0.2) is 0 Å². The number of aryl methyl sites for hydroxylation is 2. The Bertz CT molecular complexity index is 604. The lowest BCUT2D eigenvalue weighted by molar-refractivity contribution is -0.119. The summed E-state index contributed by atoms with van der Waals surface area (Å²) in [6, 6.07) is 4.61.